The Morgan fingerprint density at radius 2 is 1.88 bits per heavy atom. The van der Waals surface area contributed by atoms with E-state index < -0.39 is 6.10 Å². The Hall–Kier alpha value is -1.80. The zero-order valence-corrected chi connectivity index (χ0v) is 20.9. The van der Waals surface area contributed by atoms with E-state index in [1.54, 1.807) is 6.07 Å². The van der Waals surface area contributed by atoms with Gasteiger partial charge in [0.05, 0.1) is 21.8 Å². The predicted octanol–water partition coefficient (Wildman–Crippen LogP) is 3.83. The van der Waals surface area contributed by atoms with Gasteiger partial charge in [-0.3, -0.25) is 9.69 Å². The van der Waals surface area contributed by atoms with Crippen molar-refractivity contribution in [2.45, 2.75) is 51.7 Å². The Morgan fingerprint density at radius 3 is 2.58 bits per heavy atom. The largest absolute Gasteiger partial charge is 0.390 e. The van der Waals surface area contributed by atoms with Crippen molar-refractivity contribution >= 4 is 34.8 Å². The fraction of sp³-hybridized carbons (Fsp3) is 0.583. The maximum absolute atomic E-state index is 12.8. The van der Waals surface area contributed by atoms with Crippen molar-refractivity contribution in [3.8, 4) is 0 Å². The van der Waals surface area contributed by atoms with Crippen LogP contribution in [0.15, 0.2) is 18.2 Å². The van der Waals surface area contributed by atoms with Crippen LogP contribution in [0.3, 0.4) is 0 Å². The topological polar surface area (TPSA) is 73.6 Å². The number of aliphatic hydroxyl groups is 1. The number of amides is 1. The lowest BCUT2D eigenvalue weighted by atomic mass is 10.2. The van der Waals surface area contributed by atoms with Gasteiger partial charge in [0.15, 0.2) is 0 Å². The van der Waals surface area contributed by atoms with Gasteiger partial charge in [-0.2, -0.15) is 0 Å². The number of hydrogen-bond donors (Lipinski definition) is 2. The molecule has 2 N–H and O–H groups in total. The van der Waals surface area contributed by atoms with Crippen molar-refractivity contribution in [3.05, 3.63) is 45.5 Å². The summed E-state index contributed by atoms with van der Waals surface area (Å²) in [6.45, 7) is 7.85. The molecule has 2 fully saturated rings. The van der Waals surface area contributed by atoms with E-state index in [1.165, 1.54) is 12.8 Å². The first kappa shape index (κ1) is 24.3. The van der Waals surface area contributed by atoms with Crippen LogP contribution in [-0.4, -0.2) is 70.8 Å². The minimum absolute atomic E-state index is 0.202. The molecule has 4 rings (SSSR count). The van der Waals surface area contributed by atoms with Gasteiger partial charge < -0.3 is 19.9 Å². The van der Waals surface area contributed by atoms with Gasteiger partial charge in [-0.1, -0.05) is 42.1 Å². The van der Waals surface area contributed by atoms with Gasteiger partial charge in [0.25, 0.3) is 5.91 Å². The molecular formula is C24H33Cl2N5O2. The number of nitrogens with one attached hydrogen (secondary N) is 1. The van der Waals surface area contributed by atoms with Crippen molar-refractivity contribution in [3.63, 3.8) is 0 Å². The number of aromatic nitrogens is 2. The number of rotatable bonds is 7. The lowest BCUT2D eigenvalue weighted by Gasteiger charge is -2.37. The van der Waals surface area contributed by atoms with Crippen LogP contribution in [0.4, 0.5) is 5.69 Å². The molecule has 9 heteroatoms. The second kappa shape index (κ2) is 10.6. The van der Waals surface area contributed by atoms with E-state index >= 15 is 0 Å². The number of hydrogen-bond acceptors (Lipinski definition) is 5. The van der Waals surface area contributed by atoms with E-state index in [1.807, 2.05) is 26.0 Å². The van der Waals surface area contributed by atoms with Gasteiger partial charge in [0.2, 0.25) is 0 Å². The highest BCUT2D eigenvalue weighted by atomic mass is 35.5. The molecule has 1 aliphatic carbocycles. The van der Waals surface area contributed by atoms with Crippen molar-refractivity contribution < 1.29 is 9.90 Å². The summed E-state index contributed by atoms with van der Waals surface area (Å²) in [5, 5.41) is 14.5. The number of imidazole rings is 1. The molecule has 180 valence electrons. The van der Waals surface area contributed by atoms with Gasteiger partial charge in [-0.05, 0) is 38.8 Å². The molecule has 2 heterocycles. The molecule has 1 aromatic carbocycles. The maximum Gasteiger partial charge on any atom is 0.271 e. The van der Waals surface area contributed by atoms with Gasteiger partial charge in [0, 0.05) is 51.0 Å². The predicted molar refractivity (Wildman–Crippen MR) is 133 cm³/mol. The summed E-state index contributed by atoms with van der Waals surface area (Å²) >= 11 is 12.5. The van der Waals surface area contributed by atoms with Gasteiger partial charge in [0.1, 0.15) is 11.5 Å². The molecule has 2 aliphatic rings. The van der Waals surface area contributed by atoms with Crippen molar-refractivity contribution in [2.75, 3.05) is 44.2 Å². The number of β-amino-alcohol motifs (C(OH)–C–C–N with tert-alkyl or cyclic N) is 1. The summed E-state index contributed by atoms with van der Waals surface area (Å²) < 4.78 is 2.21. The molecule has 0 bridgehead atoms. The summed E-state index contributed by atoms with van der Waals surface area (Å²) in [6.07, 6.45) is 4.11. The molecule has 2 aromatic rings. The van der Waals surface area contributed by atoms with Crippen LogP contribution in [0.1, 0.15) is 53.7 Å². The number of nitrogens with zero attached hydrogens (tertiary/aromatic N) is 4. The average Bonchev–Trinajstić information content (AvgIpc) is 3.42. The van der Waals surface area contributed by atoms with Gasteiger partial charge >= 0.3 is 0 Å². The second-order valence-electron chi connectivity index (χ2n) is 9.13. The Labute approximate surface area is 205 Å². The van der Waals surface area contributed by atoms with Crippen LogP contribution in [0.5, 0.6) is 0 Å². The third-order valence-corrected chi connectivity index (χ3v) is 7.65. The SMILES string of the molecule is Cc1nc(C(=O)NCC(O)CN2CCN(c3cccc(Cl)c3Cl)CC2)c(C)n1C1CCCC1. The Kier molecular flexibility index (Phi) is 7.84. The molecule has 1 aliphatic heterocycles. The summed E-state index contributed by atoms with van der Waals surface area (Å²) in [4.78, 5) is 21.7. The number of carbonyl (C=O) groups is 1. The van der Waals surface area contributed by atoms with Crippen molar-refractivity contribution in [2.24, 2.45) is 0 Å². The number of anilines is 1. The number of benzene rings is 1. The number of carbonyl (C=O) groups excluding carboxylic acids is 1. The van der Waals surface area contributed by atoms with E-state index in [-0.39, 0.29) is 12.5 Å². The molecule has 1 saturated carbocycles. The van der Waals surface area contributed by atoms with E-state index in [2.05, 4.69) is 24.7 Å². The fourth-order valence-electron chi connectivity index (χ4n) is 5.13. The van der Waals surface area contributed by atoms with Crippen LogP contribution in [0.2, 0.25) is 10.0 Å². The molecule has 1 aromatic heterocycles. The zero-order valence-electron chi connectivity index (χ0n) is 19.4. The number of halogens is 2. The van der Waals surface area contributed by atoms with Crippen LogP contribution >= 0.6 is 23.2 Å². The Bertz CT molecular complexity index is 981. The molecule has 33 heavy (non-hydrogen) atoms. The van der Waals surface area contributed by atoms with E-state index in [0.717, 1.165) is 56.2 Å². The van der Waals surface area contributed by atoms with Gasteiger partial charge in [-0.25, -0.2) is 4.98 Å². The highest BCUT2D eigenvalue weighted by Gasteiger charge is 2.26. The van der Waals surface area contributed by atoms with Crippen LogP contribution in [0, 0.1) is 13.8 Å². The number of aryl methyl sites for hydroxylation is 1. The second-order valence-corrected chi connectivity index (χ2v) is 9.91. The first-order valence-electron chi connectivity index (χ1n) is 11.8. The summed E-state index contributed by atoms with van der Waals surface area (Å²) in [5.41, 5.74) is 2.33. The first-order valence-corrected chi connectivity index (χ1v) is 12.5. The number of aliphatic hydroxyl groups excluding tert-OH is 1. The third kappa shape index (κ3) is 5.48. The van der Waals surface area contributed by atoms with Crippen molar-refractivity contribution in [1.29, 1.82) is 0 Å². The van der Waals surface area contributed by atoms with Crippen LogP contribution < -0.4 is 10.2 Å². The zero-order chi connectivity index (χ0) is 23.5. The lowest BCUT2D eigenvalue weighted by Crippen LogP contribution is -2.50. The van der Waals surface area contributed by atoms with Crippen molar-refractivity contribution in [1.82, 2.24) is 19.8 Å². The molecule has 0 radical (unpaired) electrons. The maximum atomic E-state index is 12.8. The Morgan fingerprint density at radius 1 is 1.18 bits per heavy atom. The fourth-order valence-corrected chi connectivity index (χ4v) is 5.55. The van der Waals surface area contributed by atoms with Gasteiger partial charge in [-0.15, -0.1) is 0 Å². The van der Waals surface area contributed by atoms with Crippen LogP contribution in [0.25, 0.3) is 0 Å². The average molecular weight is 494 g/mol. The normalized spacial score (nSPS) is 18.6. The molecule has 1 saturated heterocycles. The number of piperazine rings is 1. The smallest absolute Gasteiger partial charge is 0.271 e. The molecule has 1 atom stereocenters. The van der Waals surface area contributed by atoms with E-state index in [0.29, 0.717) is 28.3 Å². The third-order valence-electron chi connectivity index (χ3n) is 6.84. The first-order chi connectivity index (χ1) is 15.8. The Balaban J connectivity index is 1.25. The molecular weight excluding hydrogens is 461 g/mol. The summed E-state index contributed by atoms with van der Waals surface area (Å²) in [6, 6.07) is 6.12. The minimum Gasteiger partial charge on any atom is -0.390 e. The summed E-state index contributed by atoms with van der Waals surface area (Å²) in [7, 11) is 0. The van der Waals surface area contributed by atoms with E-state index in [9.17, 15) is 9.90 Å². The standard InChI is InChI=1S/C24H33Cl2N5O2/c1-16-23(28-17(2)31(16)18-6-3-4-7-18)24(33)27-14-19(32)15-29-10-12-30(13-11-29)21-9-5-8-20(25)22(21)26/h5,8-9,18-19,32H,3-4,6-7,10-15H2,1-2H3,(H,27,33). The highest BCUT2D eigenvalue weighted by molar-refractivity contribution is 6.43. The molecule has 7 nitrogen and oxygen atoms in total. The lowest BCUT2D eigenvalue weighted by molar-refractivity contribution is 0.0847. The monoisotopic (exact) mass is 493 g/mol. The molecule has 1 amide bonds. The van der Waals surface area contributed by atoms with Crippen LogP contribution in [-0.2, 0) is 0 Å². The minimum atomic E-state index is -0.645. The molecule has 0 spiro atoms. The quantitative estimate of drug-likeness (QED) is 0.612. The summed E-state index contributed by atoms with van der Waals surface area (Å²) in [5.74, 6) is 0.676. The molecule has 1 unspecified atom stereocenters. The van der Waals surface area contributed by atoms with E-state index in [4.69, 9.17) is 23.2 Å². The highest BCUT2D eigenvalue weighted by Crippen LogP contribution is 2.33.